The van der Waals surface area contributed by atoms with Gasteiger partial charge in [0.25, 0.3) is 5.56 Å². The van der Waals surface area contributed by atoms with Crippen molar-refractivity contribution >= 4 is 50.1 Å². The number of thioether (sulfide) groups is 1. The SMILES string of the molecule is CCC(C)Cc1c(C)sc2nc(SCC(=O)N3CCc4[nH]c5ccccc5c4C3)[nH]c(=O)c12. The summed E-state index contributed by atoms with van der Waals surface area (Å²) in [6.45, 7) is 7.76. The molecule has 3 aromatic heterocycles. The van der Waals surface area contributed by atoms with Crippen LogP contribution in [-0.2, 0) is 24.2 Å². The van der Waals surface area contributed by atoms with Crippen LogP contribution in [0.3, 0.4) is 0 Å². The quantitative estimate of drug-likeness (QED) is 0.299. The fourth-order valence-corrected chi connectivity index (χ4v) is 6.44. The highest BCUT2D eigenvalue weighted by molar-refractivity contribution is 7.99. The van der Waals surface area contributed by atoms with Gasteiger partial charge in [-0.15, -0.1) is 11.3 Å². The lowest BCUT2D eigenvalue weighted by molar-refractivity contribution is -0.129. The number of rotatable bonds is 6. The minimum absolute atomic E-state index is 0.0681. The molecule has 1 amide bonds. The summed E-state index contributed by atoms with van der Waals surface area (Å²) in [6, 6.07) is 8.24. The number of nitrogens with one attached hydrogen (secondary N) is 2. The van der Waals surface area contributed by atoms with Gasteiger partial charge < -0.3 is 14.9 Å². The zero-order chi connectivity index (χ0) is 23.1. The Bertz CT molecular complexity index is 1400. The van der Waals surface area contributed by atoms with Crippen LogP contribution in [-0.4, -0.2) is 38.1 Å². The molecule has 8 heteroatoms. The average molecular weight is 481 g/mol. The summed E-state index contributed by atoms with van der Waals surface area (Å²) in [6.07, 6.45) is 2.80. The van der Waals surface area contributed by atoms with Gasteiger partial charge in [0.15, 0.2) is 5.16 Å². The number of carbonyl (C=O) groups excluding carboxylic acids is 1. The molecule has 0 saturated carbocycles. The number of aryl methyl sites for hydroxylation is 1. The lowest BCUT2D eigenvalue weighted by Crippen LogP contribution is -2.37. The summed E-state index contributed by atoms with van der Waals surface area (Å²) < 4.78 is 0. The summed E-state index contributed by atoms with van der Waals surface area (Å²) in [7, 11) is 0. The number of hydrogen-bond donors (Lipinski definition) is 2. The number of benzene rings is 1. The van der Waals surface area contributed by atoms with Crippen LogP contribution in [0.5, 0.6) is 0 Å². The maximum atomic E-state index is 13.0. The highest BCUT2D eigenvalue weighted by atomic mass is 32.2. The Balaban J connectivity index is 1.31. The molecule has 1 unspecified atom stereocenters. The van der Waals surface area contributed by atoms with Gasteiger partial charge in [0, 0.05) is 46.5 Å². The van der Waals surface area contributed by atoms with Gasteiger partial charge in [-0.05, 0) is 30.9 Å². The van der Waals surface area contributed by atoms with Crippen molar-refractivity contribution in [1.82, 2.24) is 19.9 Å². The topological polar surface area (TPSA) is 81.8 Å². The first-order chi connectivity index (χ1) is 15.9. The number of fused-ring (bicyclic) bond motifs is 4. The number of hydrogen-bond acceptors (Lipinski definition) is 5. The molecule has 1 aliphatic rings. The second kappa shape index (κ2) is 8.99. The number of amides is 1. The summed E-state index contributed by atoms with van der Waals surface area (Å²) in [5.41, 5.74) is 4.59. The Kier molecular flexibility index (Phi) is 6.05. The van der Waals surface area contributed by atoms with Crippen LogP contribution in [0.15, 0.2) is 34.2 Å². The zero-order valence-corrected chi connectivity index (χ0v) is 20.8. The van der Waals surface area contributed by atoms with Crippen molar-refractivity contribution in [3.05, 3.63) is 56.3 Å². The van der Waals surface area contributed by atoms with Gasteiger partial charge in [-0.1, -0.05) is 50.2 Å². The molecule has 172 valence electrons. The fourth-order valence-electron chi connectivity index (χ4n) is 4.56. The molecule has 1 aliphatic heterocycles. The molecule has 0 radical (unpaired) electrons. The Morgan fingerprint density at radius 1 is 1.30 bits per heavy atom. The highest BCUT2D eigenvalue weighted by Gasteiger charge is 2.24. The normalized spacial score (nSPS) is 14.7. The van der Waals surface area contributed by atoms with E-state index in [9.17, 15) is 9.59 Å². The molecule has 4 aromatic rings. The van der Waals surface area contributed by atoms with Crippen LogP contribution in [0.25, 0.3) is 21.1 Å². The maximum absolute atomic E-state index is 13.0. The Morgan fingerprint density at radius 3 is 2.94 bits per heavy atom. The molecule has 0 spiro atoms. The molecule has 1 aromatic carbocycles. The summed E-state index contributed by atoms with van der Waals surface area (Å²) in [4.78, 5) is 40.8. The first kappa shape index (κ1) is 22.2. The first-order valence-corrected chi connectivity index (χ1v) is 13.3. The Morgan fingerprint density at radius 2 is 2.12 bits per heavy atom. The van der Waals surface area contributed by atoms with Crippen LogP contribution in [0, 0.1) is 12.8 Å². The third-order valence-corrected chi connectivity index (χ3v) is 8.56. The van der Waals surface area contributed by atoms with Gasteiger partial charge in [0.05, 0.1) is 11.1 Å². The molecule has 2 N–H and O–H groups in total. The summed E-state index contributed by atoms with van der Waals surface area (Å²) in [5, 5.41) is 2.42. The highest BCUT2D eigenvalue weighted by Crippen LogP contribution is 2.31. The Hall–Kier alpha value is -2.58. The van der Waals surface area contributed by atoms with E-state index in [4.69, 9.17) is 0 Å². The van der Waals surface area contributed by atoms with Gasteiger partial charge in [0.1, 0.15) is 4.83 Å². The van der Waals surface area contributed by atoms with Gasteiger partial charge in [-0.3, -0.25) is 9.59 Å². The monoisotopic (exact) mass is 480 g/mol. The van der Waals surface area contributed by atoms with Gasteiger partial charge in [-0.2, -0.15) is 0 Å². The minimum Gasteiger partial charge on any atom is -0.358 e. The standard InChI is InChI=1S/C25H28N4O2S2/c1-4-14(2)11-17-15(3)33-24-22(17)23(31)27-25(28-24)32-13-21(30)29-10-9-20-18(12-29)16-7-5-6-8-19(16)26-20/h5-8,14,26H,4,9-13H2,1-3H3,(H,27,28,31). The number of thiophene rings is 1. The number of nitrogens with zero attached hydrogens (tertiary/aromatic N) is 2. The fraction of sp³-hybridized carbons (Fsp3) is 0.400. The smallest absolute Gasteiger partial charge is 0.260 e. The van der Waals surface area contributed by atoms with Crippen molar-refractivity contribution in [3.8, 4) is 0 Å². The van der Waals surface area contributed by atoms with Gasteiger partial charge in [0.2, 0.25) is 5.91 Å². The minimum atomic E-state index is -0.0981. The maximum Gasteiger partial charge on any atom is 0.260 e. The zero-order valence-electron chi connectivity index (χ0n) is 19.2. The van der Waals surface area contributed by atoms with Gasteiger partial charge in [-0.25, -0.2) is 4.98 Å². The molecule has 6 nitrogen and oxygen atoms in total. The van der Waals surface area contributed by atoms with Crippen molar-refractivity contribution in [2.45, 2.75) is 51.7 Å². The third-order valence-electron chi connectivity index (χ3n) is 6.66. The second-order valence-electron chi connectivity index (χ2n) is 8.89. The number of carbonyl (C=O) groups is 1. The second-order valence-corrected chi connectivity index (χ2v) is 11.1. The van der Waals surface area contributed by atoms with Crippen molar-refractivity contribution in [1.29, 1.82) is 0 Å². The van der Waals surface area contributed by atoms with E-state index in [1.165, 1.54) is 28.4 Å². The van der Waals surface area contributed by atoms with E-state index in [0.29, 0.717) is 24.2 Å². The molecule has 4 heterocycles. The lowest BCUT2D eigenvalue weighted by Gasteiger charge is -2.27. The lowest BCUT2D eigenvalue weighted by atomic mass is 9.98. The largest absolute Gasteiger partial charge is 0.358 e. The van der Waals surface area contributed by atoms with Crippen molar-refractivity contribution in [3.63, 3.8) is 0 Å². The van der Waals surface area contributed by atoms with Crippen LogP contribution in [0.4, 0.5) is 0 Å². The van der Waals surface area contributed by atoms with Crippen molar-refractivity contribution in [2.75, 3.05) is 12.3 Å². The van der Waals surface area contributed by atoms with E-state index in [-0.39, 0.29) is 17.2 Å². The van der Waals surface area contributed by atoms with Crippen LogP contribution in [0.1, 0.15) is 42.0 Å². The predicted octanol–water partition coefficient (Wildman–Crippen LogP) is 5.04. The number of H-pyrrole nitrogens is 2. The average Bonchev–Trinajstić information content (AvgIpc) is 3.34. The van der Waals surface area contributed by atoms with Crippen molar-refractivity contribution < 1.29 is 4.79 Å². The Labute approximate surface area is 200 Å². The molecule has 5 rings (SSSR count). The van der Waals surface area contributed by atoms with E-state index in [1.807, 2.05) is 17.0 Å². The number of aromatic amines is 2. The molecule has 0 fully saturated rings. The first-order valence-electron chi connectivity index (χ1n) is 11.5. The van der Waals surface area contributed by atoms with E-state index in [0.717, 1.165) is 45.4 Å². The van der Waals surface area contributed by atoms with E-state index in [1.54, 1.807) is 11.3 Å². The third kappa shape index (κ3) is 4.22. The molecular formula is C25H28N4O2S2. The number of para-hydroxylation sites is 1. The van der Waals surface area contributed by atoms with Crippen LogP contribution < -0.4 is 5.56 Å². The molecule has 0 saturated heterocycles. The van der Waals surface area contributed by atoms with Gasteiger partial charge >= 0.3 is 0 Å². The molecule has 0 bridgehead atoms. The van der Waals surface area contributed by atoms with E-state index < -0.39 is 0 Å². The molecule has 1 atom stereocenters. The summed E-state index contributed by atoms with van der Waals surface area (Å²) in [5.74, 6) is 0.851. The van der Waals surface area contributed by atoms with E-state index >= 15 is 0 Å². The van der Waals surface area contributed by atoms with Crippen molar-refractivity contribution in [2.24, 2.45) is 5.92 Å². The summed E-state index contributed by atoms with van der Waals surface area (Å²) >= 11 is 2.89. The molecular weight excluding hydrogens is 452 g/mol. The predicted molar refractivity (Wildman–Crippen MR) is 136 cm³/mol. The number of aromatic nitrogens is 3. The van der Waals surface area contributed by atoms with Crippen LogP contribution >= 0.6 is 23.1 Å². The molecule has 0 aliphatic carbocycles. The molecule has 33 heavy (non-hydrogen) atoms. The van der Waals surface area contributed by atoms with Crippen LogP contribution in [0.2, 0.25) is 0 Å². The van der Waals surface area contributed by atoms with E-state index in [2.05, 4.69) is 47.9 Å².